The Morgan fingerprint density at radius 2 is 1.86 bits per heavy atom. The van der Waals surface area contributed by atoms with Gasteiger partial charge in [0, 0.05) is 22.0 Å². The zero-order chi connectivity index (χ0) is 26.3. The van der Waals surface area contributed by atoms with Crippen molar-refractivity contribution in [1.29, 1.82) is 0 Å². The quantitative estimate of drug-likeness (QED) is 0.462. The van der Waals surface area contributed by atoms with Gasteiger partial charge in [-0.25, -0.2) is 4.68 Å². The Morgan fingerprint density at radius 1 is 1.16 bits per heavy atom. The van der Waals surface area contributed by atoms with Crippen molar-refractivity contribution in [3.05, 3.63) is 70.4 Å². The number of carbonyl (C=O) groups is 2. The van der Waals surface area contributed by atoms with Gasteiger partial charge in [-0.05, 0) is 48.7 Å². The highest BCUT2D eigenvalue weighted by Gasteiger charge is 2.40. The molecule has 9 heteroatoms. The molecule has 3 aromatic rings. The van der Waals surface area contributed by atoms with E-state index in [0.717, 1.165) is 41.1 Å². The van der Waals surface area contributed by atoms with Gasteiger partial charge in [0.2, 0.25) is 11.8 Å². The lowest BCUT2D eigenvalue weighted by Gasteiger charge is -2.25. The number of halogens is 1. The molecule has 0 saturated heterocycles. The summed E-state index contributed by atoms with van der Waals surface area (Å²) in [4.78, 5) is 28.2. The van der Waals surface area contributed by atoms with E-state index < -0.39 is 0 Å². The first-order valence-corrected chi connectivity index (χ1v) is 13.8. The van der Waals surface area contributed by atoms with E-state index in [9.17, 15) is 9.59 Å². The van der Waals surface area contributed by atoms with Gasteiger partial charge in [0.15, 0.2) is 0 Å². The van der Waals surface area contributed by atoms with E-state index in [4.69, 9.17) is 21.4 Å². The van der Waals surface area contributed by atoms with Crippen molar-refractivity contribution < 1.29 is 14.3 Å². The number of methoxy groups -OCH3 is 1. The van der Waals surface area contributed by atoms with Crippen molar-refractivity contribution in [3.8, 4) is 11.4 Å². The summed E-state index contributed by atoms with van der Waals surface area (Å²) in [5.41, 5.74) is 3.13. The fourth-order valence-corrected chi connectivity index (χ4v) is 6.10. The number of amides is 2. The van der Waals surface area contributed by atoms with Crippen LogP contribution in [0.25, 0.3) is 5.69 Å². The van der Waals surface area contributed by atoms with E-state index in [0.29, 0.717) is 10.8 Å². The molecular weight excluding hydrogens is 508 g/mol. The molecule has 37 heavy (non-hydrogen) atoms. The summed E-state index contributed by atoms with van der Waals surface area (Å²) in [6, 6.07) is 15.5. The first-order chi connectivity index (χ1) is 17.7. The minimum absolute atomic E-state index is 0.0659. The lowest BCUT2D eigenvalue weighted by atomic mass is 9.87. The summed E-state index contributed by atoms with van der Waals surface area (Å²) < 4.78 is 7.15. The number of aromatic nitrogens is 2. The average molecular weight is 539 g/mol. The molecule has 1 aliphatic heterocycles. The predicted molar refractivity (Wildman–Crippen MR) is 148 cm³/mol. The number of thioether (sulfide) groups is 1. The van der Waals surface area contributed by atoms with Gasteiger partial charge >= 0.3 is 0 Å². The van der Waals surface area contributed by atoms with Crippen molar-refractivity contribution in [2.45, 2.75) is 50.3 Å². The predicted octanol–water partition coefficient (Wildman–Crippen LogP) is 5.28. The van der Waals surface area contributed by atoms with Crippen LogP contribution in [0.4, 0.5) is 5.82 Å². The van der Waals surface area contributed by atoms with Crippen LogP contribution < -0.4 is 15.0 Å². The molecule has 0 radical (unpaired) electrons. The number of carbonyl (C=O) groups excluding carboxylic acids is 2. The molecule has 2 aliphatic rings. The molecule has 1 N–H and O–H groups in total. The summed E-state index contributed by atoms with van der Waals surface area (Å²) >= 11 is 8.23. The molecule has 1 fully saturated rings. The monoisotopic (exact) mass is 538 g/mol. The van der Waals surface area contributed by atoms with Crippen molar-refractivity contribution in [1.82, 2.24) is 15.1 Å². The smallest absolute Gasteiger partial charge is 0.240 e. The second-order valence-corrected chi connectivity index (χ2v) is 12.0. The fraction of sp³-hybridized carbons (Fsp3) is 0.393. The number of fused-ring (bicyclic) bond motifs is 1. The Hall–Kier alpha value is -2.97. The standard InChI is InChI=1S/C28H31ClN4O3S/c1-28(2,3)26-24-25(20-7-5-6-8-21(20)29)37-16-23(35)32(15-22(34)30-17-9-10-17)27(24)33(31-26)18-11-13-19(36-4)14-12-18/h5-8,11-14,17,25H,9-10,15-16H2,1-4H3,(H,30,34)/t25-/m0/s1. The van der Waals surface area contributed by atoms with E-state index in [2.05, 4.69) is 26.1 Å². The molecule has 5 rings (SSSR count). The van der Waals surface area contributed by atoms with Gasteiger partial charge in [-0.3, -0.25) is 14.5 Å². The molecule has 194 valence electrons. The Morgan fingerprint density at radius 3 is 2.49 bits per heavy atom. The van der Waals surface area contributed by atoms with E-state index in [-0.39, 0.29) is 40.8 Å². The normalized spacial score (nSPS) is 17.8. The van der Waals surface area contributed by atoms with Crippen LogP contribution in [0.15, 0.2) is 48.5 Å². The van der Waals surface area contributed by atoms with Crippen molar-refractivity contribution in [2.24, 2.45) is 0 Å². The van der Waals surface area contributed by atoms with Crippen LogP contribution in [0.3, 0.4) is 0 Å². The number of benzene rings is 2. The van der Waals surface area contributed by atoms with E-state index in [1.54, 1.807) is 16.7 Å². The van der Waals surface area contributed by atoms with Gasteiger partial charge in [-0.15, -0.1) is 11.8 Å². The third kappa shape index (κ3) is 5.22. The minimum atomic E-state index is -0.336. The topological polar surface area (TPSA) is 76.5 Å². The second kappa shape index (κ2) is 10.1. The van der Waals surface area contributed by atoms with Crippen LogP contribution in [0.1, 0.15) is 55.7 Å². The maximum absolute atomic E-state index is 13.6. The lowest BCUT2D eigenvalue weighted by Crippen LogP contribution is -2.43. The third-order valence-electron chi connectivity index (χ3n) is 6.55. The van der Waals surface area contributed by atoms with Crippen LogP contribution in [0.5, 0.6) is 5.75 Å². The molecule has 2 aromatic carbocycles. The van der Waals surface area contributed by atoms with E-state index >= 15 is 0 Å². The molecule has 2 amide bonds. The van der Waals surface area contributed by atoms with Gasteiger partial charge in [0.1, 0.15) is 18.1 Å². The lowest BCUT2D eigenvalue weighted by molar-refractivity contribution is -0.123. The average Bonchev–Trinajstić information content (AvgIpc) is 3.61. The first kappa shape index (κ1) is 25.7. The molecule has 2 heterocycles. The van der Waals surface area contributed by atoms with E-state index in [1.165, 1.54) is 11.8 Å². The van der Waals surface area contributed by atoms with Crippen LogP contribution in [-0.4, -0.2) is 47.0 Å². The Labute approximate surface area is 226 Å². The Balaban J connectivity index is 1.75. The summed E-state index contributed by atoms with van der Waals surface area (Å²) in [6.07, 6.45) is 1.96. The van der Waals surface area contributed by atoms with E-state index in [1.807, 2.05) is 48.5 Å². The summed E-state index contributed by atoms with van der Waals surface area (Å²) in [5.74, 6) is 1.25. The van der Waals surface area contributed by atoms with Gasteiger partial charge in [-0.2, -0.15) is 5.10 Å². The largest absolute Gasteiger partial charge is 0.497 e. The van der Waals surface area contributed by atoms with Gasteiger partial charge in [-0.1, -0.05) is 50.6 Å². The summed E-state index contributed by atoms with van der Waals surface area (Å²) in [5, 5.41) is 8.53. The zero-order valence-corrected chi connectivity index (χ0v) is 23.0. The number of anilines is 1. The summed E-state index contributed by atoms with van der Waals surface area (Å²) in [6.45, 7) is 6.26. The number of ether oxygens (including phenoxy) is 1. The van der Waals surface area contributed by atoms with Crippen molar-refractivity contribution in [3.63, 3.8) is 0 Å². The highest BCUT2D eigenvalue weighted by Crippen LogP contribution is 2.49. The number of hydrogen-bond donors (Lipinski definition) is 1. The highest BCUT2D eigenvalue weighted by molar-refractivity contribution is 8.00. The molecule has 0 bridgehead atoms. The molecule has 1 aliphatic carbocycles. The summed E-state index contributed by atoms with van der Waals surface area (Å²) in [7, 11) is 1.62. The molecule has 1 aromatic heterocycles. The minimum Gasteiger partial charge on any atom is -0.497 e. The van der Waals surface area contributed by atoms with Crippen LogP contribution in [-0.2, 0) is 15.0 Å². The van der Waals surface area contributed by atoms with Crippen molar-refractivity contribution in [2.75, 3.05) is 24.3 Å². The number of nitrogens with zero attached hydrogens (tertiary/aromatic N) is 3. The zero-order valence-electron chi connectivity index (χ0n) is 21.5. The number of hydrogen-bond acceptors (Lipinski definition) is 5. The third-order valence-corrected chi connectivity index (χ3v) is 8.13. The molecule has 0 unspecified atom stereocenters. The fourth-order valence-electron chi connectivity index (χ4n) is 4.55. The van der Waals surface area contributed by atoms with Gasteiger partial charge in [0.05, 0.1) is 29.5 Å². The number of rotatable bonds is 6. The Bertz CT molecular complexity index is 1330. The van der Waals surface area contributed by atoms with Gasteiger partial charge < -0.3 is 10.1 Å². The van der Waals surface area contributed by atoms with Crippen LogP contribution in [0, 0.1) is 0 Å². The first-order valence-electron chi connectivity index (χ1n) is 12.4. The van der Waals surface area contributed by atoms with Crippen LogP contribution >= 0.6 is 23.4 Å². The maximum atomic E-state index is 13.6. The molecular formula is C28H31ClN4O3S. The SMILES string of the molecule is COc1ccc(-n2nc(C(C)(C)C)c3c2N(CC(=O)NC2CC2)C(=O)CS[C@H]3c2ccccc2Cl)cc1. The molecule has 7 nitrogen and oxygen atoms in total. The highest BCUT2D eigenvalue weighted by atomic mass is 35.5. The van der Waals surface area contributed by atoms with Gasteiger partial charge in [0.25, 0.3) is 0 Å². The number of nitrogens with one attached hydrogen (secondary N) is 1. The molecule has 1 atom stereocenters. The molecule has 0 spiro atoms. The Kier molecular flexibility index (Phi) is 6.98. The maximum Gasteiger partial charge on any atom is 0.240 e. The molecule has 1 saturated carbocycles. The van der Waals surface area contributed by atoms with Crippen molar-refractivity contribution >= 4 is 41.0 Å². The van der Waals surface area contributed by atoms with Crippen LogP contribution in [0.2, 0.25) is 5.02 Å². The second-order valence-electron chi connectivity index (χ2n) is 10.5.